The zero-order chi connectivity index (χ0) is 13.3. The largest absolute Gasteiger partial charge is 0.335 e. The molecule has 1 heterocycles. The van der Waals surface area contributed by atoms with Crippen molar-refractivity contribution in [2.45, 2.75) is 6.92 Å². The van der Waals surface area contributed by atoms with Gasteiger partial charge in [-0.2, -0.15) is 5.10 Å². The average Bonchev–Trinajstić information content (AvgIpc) is 2.53. The van der Waals surface area contributed by atoms with Crippen LogP contribution < -0.4 is 5.32 Å². The number of hydrogen-bond donors (Lipinski definition) is 1. The lowest BCUT2D eigenvalue weighted by atomic mass is 10.3. The molecule has 2 rings (SSSR count). The zero-order valence-electron chi connectivity index (χ0n) is 9.85. The summed E-state index contributed by atoms with van der Waals surface area (Å²) in [6.45, 7) is 1.60. The van der Waals surface area contributed by atoms with Crippen LogP contribution in [0.1, 0.15) is 5.69 Å². The van der Waals surface area contributed by atoms with Gasteiger partial charge in [0.05, 0.1) is 4.92 Å². The molecule has 0 atom stereocenters. The van der Waals surface area contributed by atoms with Crippen LogP contribution in [-0.2, 0) is 7.05 Å². The fourth-order valence-corrected chi connectivity index (χ4v) is 1.90. The van der Waals surface area contributed by atoms with Crippen molar-refractivity contribution in [1.29, 1.82) is 0 Å². The third-order valence-corrected chi connectivity index (χ3v) is 2.70. The normalized spacial score (nSPS) is 10.4. The molecule has 0 fully saturated rings. The molecule has 0 saturated heterocycles. The van der Waals surface area contributed by atoms with E-state index < -0.39 is 4.92 Å². The summed E-state index contributed by atoms with van der Waals surface area (Å²) in [7, 11) is 1.65. The summed E-state index contributed by atoms with van der Waals surface area (Å²) in [5, 5.41) is 18.5. The molecule has 2 aromatic rings. The fraction of sp³-hybridized carbons (Fsp3) is 0.182. The van der Waals surface area contributed by atoms with Gasteiger partial charge < -0.3 is 5.32 Å². The van der Waals surface area contributed by atoms with E-state index in [9.17, 15) is 10.1 Å². The maximum Gasteiger partial charge on any atom is 0.334 e. The molecule has 0 spiro atoms. The minimum Gasteiger partial charge on any atom is -0.335 e. The lowest BCUT2D eigenvalue weighted by Gasteiger charge is -2.06. The summed E-state index contributed by atoms with van der Waals surface area (Å²) >= 11 is 5.86. The van der Waals surface area contributed by atoms with Crippen LogP contribution in [0.15, 0.2) is 24.3 Å². The topological polar surface area (TPSA) is 73.0 Å². The van der Waals surface area contributed by atoms with E-state index in [1.165, 1.54) is 4.68 Å². The molecule has 1 aromatic heterocycles. The number of aromatic nitrogens is 2. The van der Waals surface area contributed by atoms with Crippen LogP contribution in [0.3, 0.4) is 0 Å². The fourth-order valence-electron chi connectivity index (χ4n) is 1.71. The van der Waals surface area contributed by atoms with E-state index in [1.807, 2.05) is 0 Å². The van der Waals surface area contributed by atoms with Crippen molar-refractivity contribution in [1.82, 2.24) is 9.78 Å². The van der Waals surface area contributed by atoms with Crippen molar-refractivity contribution in [2.24, 2.45) is 7.05 Å². The molecule has 0 radical (unpaired) electrons. The molecule has 0 aliphatic carbocycles. The average molecular weight is 267 g/mol. The Morgan fingerprint density at radius 3 is 2.83 bits per heavy atom. The Kier molecular flexibility index (Phi) is 3.20. The van der Waals surface area contributed by atoms with Crippen molar-refractivity contribution in [3.05, 3.63) is 45.1 Å². The minimum absolute atomic E-state index is 0.0301. The van der Waals surface area contributed by atoms with E-state index in [0.29, 0.717) is 22.2 Å². The SMILES string of the molecule is Cc1nn(C)c(Nc2cccc(Cl)c2)c1[N+](=O)[O-]. The summed E-state index contributed by atoms with van der Waals surface area (Å²) in [4.78, 5) is 10.6. The van der Waals surface area contributed by atoms with Gasteiger partial charge in [-0.25, -0.2) is 4.68 Å². The van der Waals surface area contributed by atoms with Crippen LogP contribution in [0.5, 0.6) is 0 Å². The van der Waals surface area contributed by atoms with Gasteiger partial charge in [-0.3, -0.25) is 10.1 Å². The highest BCUT2D eigenvalue weighted by Gasteiger charge is 2.23. The lowest BCUT2D eigenvalue weighted by molar-refractivity contribution is -0.384. The van der Waals surface area contributed by atoms with Gasteiger partial charge in [0.2, 0.25) is 5.82 Å². The first-order chi connectivity index (χ1) is 8.49. The predicted octanol–water partition coefficient (Wildman–Crippen LogP) is 3.03. The van der Waals surface area contributed by atoms with Crippen LogP contribution in [0.2, 0.25) is 5.02 Å². The van der Waals surface area contributed by atoms with E-state index in [-0.39, 0.29) is 5.69 Å². The summed E-state index contributed by atoms with van der Waals surface area (Å²) in [6.07, 6.45) is 0. The second-order valence-corrected chi connectivity index (χ2v) is 4.24. The highest BCUT2D eigenvalue weighted by Crippen LogP contribution is 2.30. The number of anilines is 2. The Morgan fingerprint density at radius 1 is 1.50 bits per heavy atom. The van der Waals surface area contributed by atoms with Crippen LogP contribution >= 0.6 is 11.6 Å². The Labute approximate surface area is 108 Å². The van der Waals surface area contributed by atoms with E-state index in [1.54, 1.807) is 38.2 Å². The van der Waals surface area contributed by atoms with E-state index in [2.05, 4.69) is 10.4 Å². The first kappa shape index (κ1) is 12.4. The maximum absolute atomic E-state index is 11.0. The summed E-state index contributed by atoms with van der Waals surface area (Å²) < 4.78 is 1.44. The van der Waals surface area contributed by atoms with Crippen LogP contribution in [0.25, 0.3) is 0 Å². The standard InChI is InChI=1S/C11H11ClN4O2/c1-7-10(16(17)18)11(15(2)14-7)13-9-5-3-4-8(12)6-9/h3-6,13H,1-2H3. The third-order valence-electron chi connectivity index (χ3n) is 2.46. The van der Waals surface area contributed by atoms with Crippen LogP contribution in [0.4, 0.5) is 17.2 Å². The molecule has 18 heavy (non-hydrogen) atoms. The van der Waals surface area contributed by atoms with Gasteiger partial charge in [0.25, 0.3) is 0 Å². The summed E-state index contributed by atoms with van der Waals surface area (Å²) in [5.74, 6) is 0.333. The van der Waals surface area contributed by atoms with Gasteiger partial charge in [-0.05, 0) is 25.1 Å². The molecule has 0 amide bonds. The highest BCUT2D eigenvalue weighted by atomic mass is 35.5. The number of aryl methyl sites for hydroxylation is 2. The molecule has 7 heteroatoms. The second kappa shape index (κ2) is 4.66. The molecule has 0 bridgehead atoms. The van der Waals surface area contributed by atoms with Crippen molar-refractivity contribution < 1.29 is 4.92 Å². The van der Waals surface area contributed by atoms with E-state index in [4.69, 9.17) is 11.6 Å². The van der Waals surface area contributed by atoms with Crippen molar-refractivity contribution in [2.75, 3.05) is 5.32 Å². The smallest absolute Gasteiger partial charge is 0.334 e. The zero-order valence-corrected chi connectivity index (χ0v) is 10.6. The quantitative estimate of drug-likeness (QED) is 0.684. The second-order valence-electron chi connectivity index (χ2n) is 3.80. The number of hydrogen-bond acceptors (Lipinski definition) is 4. The van der Waals surface area contributed by atoms with Gasteiger partial charge >= 0.3 is 5.69 Å². The molecule has 1 aromatic carbocycles. The number of benzene rings is 1. The number of nitro groups is 1. The first-order valence-electron chi connectivity index (χ1n) is 5.19. The Balaban J connectivity index is 2.43. The Bertz CT molecular complexity index is 609. The van der Waals surface area contributed by atoms with E-state index >= 15 is 0 Å². The van der Waals surface area contributed by atoms with Gasteiger partial charge in [-0.15, -0.1) is 0 Å². The molecule has 94 valence electrons. The van der Waals surface area contributed by atoms with Gasteiger partial charge in [-0.1, -0.05) is 17.7 Å². The molecule has 0 saturated carbocycles. The predicted molar refractivity (Wildman–Crippen MR) is 69.3 cm³/mol. The minimum atomic E-state index is -0.449. The number of rotatable bonds is 3. The maximum atomic E-state index is 11.0. The van der Waals surface area contributed by atoms with Gasteiger partial charge in [0.1, 0.15) is 5.69 Å². The number of nitrogens with one attached hydrogen (secondary N) is 1. The lowest BCUT2D eigenvalue weighted by Crippen LogP contribution is -2.01. The van der Waals surface area contributed by atoms with Gasteiger partial charge in [0, 0.05) is 17.8 Å². The van der Waals surface area contributed by atoms with Crippen molar-refractivity contribution in [3.8, 4) is 0 Å². The Hall–Kier alpha value is -2.08. The molecule has 0 unspecified atom stereocenters. The van der Waals surface area contributed by atoms with Crippen molar-refractivity contribution in [3.63, 3.8) is 0 Å². The summed E-state index contributed by atoms with van der Waals surface area (Å²) in [6, 6.07) is 6.96. The molecule has 0 aliphatic rings. The Morgan fingerprint density at radius 2 is 2.22 bits per heavy atom. The number of halogens is 1. The molecule has 0 aliphatic heterocycles. The summed E-state index contributed by atoms with van der Waals surface area (Å²) in [5.41, 5.74) is 1.01. The first-order valence-corrected chi connectivity index (χ1v) is 5.57. The highest BCUT2D eigenvalue weighted by molar-refractivity contribution is 6.30. The number of nitrogens with zero attached hydrogens (tertiary/aromatic N) is 3. The molecule has 6 nitrogen and oxygen atoms in total. The van der Waals surface area contributed by atoms with Gasteiger partial charge in [0.15, 0.2) is 0 Å². The van der Waals surface area contributed by atoms with Crippen LogP contribution in [-0.4, -0.2) is 14.7 Å². The van der Waals surface area contributed by atoms with Crippen LogP contribution in [0, 0.1) is 17.0 Å². The monoisotopic (exact) mass is 266 g/mol. The van der Waals surface area contributed by atoms with Crippen molar-refractivity contribution >= 4 is 28.8 Å². The third kappa shape index (κ3) is 2.28. The molecular formula is C11H11ClN4O2. The molecular weight excluding hydrogens is 256 g/mol. The molecule has 1 N–H and O–H groups in total. The van der Waals surface area contributed by atoms with E-state index in [0.717, 1.165) is 0 Å².